The minimum Gasteiger partial charge on any atom is -0.398 e. The van der Waals surface area contributed by atoms with E-state index in [4.69, 9.17) is 5.73 Å². The van der Waals surface area contributed by atoms with Crippen LogP contribution in [0.15, 0.2) is 53.4 Å². The molecule has 0 bridgehead atoms. The van der Waals surface area contributed by atoms with Gasteiger partial charge in [0, 0.05) is 22.4 Å². The number of thioether (sulfide) groups is 1. The number of hydrogen-bond acceptors (Lipinski definition) is 4. The molecule has 0 heterocycles. The third kappa shape index (κ3) is 3.72. The largest absolute Gasteiger partial charge is 0.398 e. The van der Waals surface area contributed by atoms with Crippen LogP contribution in [0, 0.1) is 15.9 Å². The lowest BCUT2D eigenvalue weighted by atomic mass is 10.1. The van der Waals surface area contributed by atoms with Crippen molar-refractivity contribution < 1.29 is 9.31 Å². The average molecular weight is 306 g/mol. The molecule has 0 amide bonds. The molecule has 0 aromatic heterocycles. The first-order valence-corrected chi connectivity index (χ1v) is 7.27. The van der Waals surface area contributed by atoms with Gasteiger partial charge in [-0.05, 0) is 29.8 Å². The van der Waals surface area contributed by atoms with Crippen molar-refractivity contribution >= 4 is 17.4 Å². The van der Waals surface area contributed by atoms with E-state index in [2.05, 4.69) is 0 Å². The minimum atomic E-state index is -0.819. The summed E-state index contributed by atoms with van der Waals surface area (Å²) in [6, 6.07) is 12.2. The van der Waals surface area contributed by atoms with Gasteiger partial charge in [-0.25, -0.2) is 4.39 Å². The summed E-state index contributed by atoms with van der Waals surface area (Å²) in [6.45, 7) is 1.54. The van der Waals surface area contributed by atoms with Gasteiger partial charge in [0.05, 0.1) is 0 Å². The summed E-state index contributed by atoms with van der Waals surface area (Å²) in [5.41, 5.74) is 7.17. The van der Waals surface area contributed by atoms with E-state index >= 15 is 0 Å². The van der Waals surface area contributed by atoms with Crippen LogP contribution in [-0.4, -0.2) is 11.0 Å². The van der Waals surface area contributed by atoms with E-state index in [9.17, 15) is 14.5 Å². The second-order valence-electron chi connectivity index (χ2n) is 4.65. The van der Waals surface area contributed by atoms with Gasteiger partial charge >= 0.3 is 0 Å². The quantitative estimate of drug-likeness (QED) is 0.393. The molecule has 21 heavy (non-hydrogen) atoms. The molecule has 0 saturated carbocycles. The van der Waals surface area contributed by atoms with Gasteiger partial charge in [-0.3, -0.25) is 10.1 Å². The number of nitro groups is 1. The van der Waals surface area contributed by atoms with E-state index in [-0.39, 0.29) is 10.7 Å². The van der Waals surface area contributed by atoms with Crippen molar-refractivity contribution in [3.63, 3.8) is 0 Å². The molecule has 0 fully saturated rings. The summed E-state index contributed by atoms with van der Waals surface area (Å²) in [5.74, 6) is -0.365. The van der Waals surface area contributed by atoms with E-state index < -0.39 is 11.3 Å². The van der Waals surface area contributed by atoms with Crippen LogP contribution in [-0.2, 0) is 0 Å². The van der Waals surface area contributed by atoms with Crippen LogP contribution in [0.25, 0.3) is 0 Å². The normalized spacial score (nSPS) is 13.6. The molecule has 0 radical (unpaired) electrons. The zero-order valence-corrected chi connectivity index (χ0v) is 12.2. The van der Waals surface area contributed by atoms with E-state index in [1.54, 1.807) is 25.1 Å². The predicted molar refractivity (Wildman–Crippen MR) is 82.3 cm³/mol. The highest BCUT2D eigenvalue weighted by molar-refractivity contribution is 7.99. The molecule has 2 aromatic carbocycles. The van der Waals surface area contributed by atoms with Crippen LogP contribution in [0.3, 0.4) is 0 Å². The lowest BCUT2D eigenvalue weighted by molar-refractivity contribution is -0.518. The van der Waals surface area contributed by atoms with Crippen molar-refractivity contribution in [2.24, 2.45) is 0 Å². The summed E-state index contributed by atoms with van der Waals surface area (Å²) in [4.78, 5) is 11.6. The Labute approximate surface area is 126 Å². The van der Waals surface area contributed by atoms with Gasteiger partial charge in [-0.2, -0.15) is 0 Å². The van der Waals surface area contributed by atoms with Gasteiger partial charge in [-0.1, -0.05) is 24.3 Å². The molecule has 2 rings (SSSR count). The molecule has 0 aliphatic rings. The van der Waals surface area contributed by atoms with Crippen molar-refractivity contribution in [2.75, 3.05) is 5.73 Å². The number of benzene rings is 2. The summed E-state index contributed by atoms with van der Waals surface area (Å²) in [5, 5.41) is 10.7. The SMILES string of the molecule is CC(C(Sc1ccccc1N)c1ccc(F)cc1)[N+](=O)[O-]. The van der Waals surface area contributed by atoms with Crippen LogP contribution >= 0.6 is 11.8 Å². The monoisotopic (exact) mass is 306 g/mol. The maximum absolute atomic E-state index is 13.0. The fraction of sp³-hybridized carbons (Fsp3) is 0.200. The van der Waals surface area contributed by atoms with Crippen molar-refractivity contribution in [2.45, 2.75) is 23.1 Å². The predicted octanol–water partition coefficient (Wildman–Crippen LogP) is 3.91. The minimum absolute atomic E-state index is 0.333. The third-order valence-corrected chi connectivity index (χ3v) is 4.69. The van der Waals surface area contributed by atoms with E-state index in [0.717, 1.165) is 4.90 Å². The van der Waals surface area contributed by atoms with Gasteiger partial charge in [0.15, 0.2) is 0 Å². The molecule has 2 unspecified atom stereocenters. The van der Waals surface area contributed by atoms with Gasteiger partial charge in [-0.15, -0.1) is 11.8 Å². The highest BCUT2D eigenvalue weighted by Gasteiger charge is 2.29. The summed E-state index contributed by atoms with van der Waals surface area (Å²) in [7, 11) is 0. The Bertz CT molecular complexity index is 634. The first-order chi connectivity index (χ1) is 9.99. The van der Waals surface area contributed by atoms with Crippen molar-refractivity contribution in [3.05, 3.63) is 70.0 Å². The zero-order valence-electron chi connectivity index (χ0n) is 11.4. The molecule has 110 valence electrons. The molecule has 0 saturated heterocycles. The number of rotatable bonds is 5. The van der Waals surface area contributed by atoms with Crippen molar-refractivity contribution in [3.8, 4) is 0 Å². The Kier molecular flexibility index (Phi) is 4.80. The fourth-order valence-corrected chi connectivity index (χ4v) is 3.16. The van der Waals surface area contributed by atoms with Gasteiger partial charge in [0.1, 0.15) is 11.1 Å². The second kappa shape index (κ2) is 6.58. The number of nitrogens with zero attached hydrogens (tertiary/aromatic N) is 1. The number of para-hydroxylation sites is 1. The van der Waals surface area contributed by atoms with Crippen LogP contribution in [0.2, 0.25) is 0 Å². The summed E-state index contributed by atoms with van der Waals surface area (Å²) in [6.07, 6.45) is 0. The summed E-state index contributed by atoms with van der Waals surface area (Å²) < 4.78 is 13.0. The maximum atomic E-state index is 13.0. The van der Waals surface area contributed by atoms with E-state index in [0.29, 0.717) is 11.3 Å². The van der Waals surface area contributed by atoms with Crippen molar-refractivity contribution in [1.82, 2.24) is 0 Å². The molecule has 0 aliphatic heterocycles. The van der Waals surface area contributed by atoms with Crippen LogP contribution in [0.5, 0.6) is 0 Å². The van der Waals surface area contributed by atoms with E-state index in [1.165, 1.54) is 23.9 Å². The van der Waals surface area contributed by atoms with Gasteiger partial charge in [0.2, 0.25) is 6.04 Å². The molecule has 0 spiro atoms. The molecule has 4 nitrogen and oxygen atoms in total. The number of nitrogens with two attached hydrogens (primary N) is 1. The average Bonchev–Trinajstić information content (AvgIpc) is 2.47. The third-order valence-electron chi connectivity index (χ3n) is 3.14. The number of anilines is 1. The fourth-order valence-electron chi connectivity index (χ4n) is 1.93. The second-order valence-corrected chi connectivity index (χ2v) is 5.84. The molecule has 2 aromatic rings. The van der Waals surface area contributed by atoms with Crippen LogP contribution in [0.1, 0.15) is 17.7 Å². The lowest BCUT2D eigenvalue weighted by Gasteiger charge is -2.19. The van der Waals surface area contributed by atoms with Gasteiger partial charge < -0.3 is 5.73 Å². The molecule has 2 N–H and O–H groups in total. The molecular weight excluding hydrogens is 291 g/mol. The van der Waals surface area contributed by atoms with E-state index in [1.807, 2.05) is 18.2 Å². The Morgan fingerprint density at radius 1 is 1.19 bits per heavy atom. The smallest absolute Gasteiger partial charge is 0.226 e. The number of hydrogen-bond donors (Lipinski definition) is 1. The summed E-state index contributed by atoms with van der Waals surface area (Å²) >= 11 is 1.32. The highest BCUT2D eigenvalue weighted by Crippen LogP contribution is 2.40. The van der Waals surface area contributed by atoms with Crippen molar-refractivity contribution in [1.29, 1.82) is 0 Å². The Morgan fingerprint density at radius 3 is 2.38 bits per heavy atom. The van der Waals surface area contributed by atoms with Crippen LogP contribution in [0.4, 0.5) is 10.1 Å². The molecule has 6 heteroatoms. The molecule has 0 aliphatic carbocycles. The Hall–Kier alpha value is -2.08. The van der Waals surface area contributed by atoms with Gasteiger partial charge in [0.25, 0.3) is 0 Å². The molecular formula is C15H15FN2O2S. The first-order valence-electron chi connectivity index (χ1n) is 6.39. The highest BCUT2D eigenvalue weighted by atomic mass is 32.2. The molecule has 2 atom stereocenters. The topological polar surface area (TPSA) is 69.2 Å². The standard InChI is InChI=1S/C15H15FN2O2S/c1-10(18(19)20)15(11-6-8-12(16)9-7-11)21-14-5-3-2-4-13(14)17/h2-10,15H,17H2,1H3. The lowest BCUT2D eigenvalue weighted by Crippen LogP contribution is -2.22. The Morgan fingerprint density at radius 2 is 1.81 bits per heavy atom. The number of nitrogen functional groups attached to an aromatic ring is 1. The first kappa shape index (κ1) is 15.3. The maximum Gasteiger partial charge on any atom is 0.226 e. The Balaban J connectivity index is 2.35. The zero-order chi connectivity index (χ0) is 15.4. The number of halogens is 1. The van der Waals surface area contributed by atoms with Crippen LogP contribution < -0.4 is 5.73 Å².